The summed E-state index contributed by atoms with van der Waals surface area (Å²) >= 11 is 0. The number of rotatable bonds is 5. The first-order valence-electron chi connectivity index (χ1n) is 10.5. The lowest BCUT2D eigenvalue weighted by molar-refractivity contribution is -0.991. The van der Waals surface area contributed by atoms with Gasteiger partial charge in [-0.15, -0.1) is 0 Å². The Hall–Kier alpha value is -3.97. The first-order valence-corrected chi connectivity index (χ1v) is 10.5. The molecule has 33 heavy (non-hydrogen) atoms. The maximum atomic E-state index is 12.4. The Morgan fingerprint density at radius 3 is 2.79 bits per heavy atom. The predicted molar refractivity (Wildman–Crippen MR) is 122 cm³/mol. The fourth-order valence-electron chi connectivity index (χ4n) is 4.29. The lowest BCUT2D eigenvalue weighted by Crippen LogP contribution is -2.99. The summed E-state index contributed by atoms with van der Waals surface area (Å²) in [5.41, 5.74) is 4.45. The van der Waals surface area contributed by atoms with Gasteiger partial charge in [-0.25, -0.2) is 14.7 Å². The van der Waals surface area contributed by atoms with E-state index in [1.165, 1.54) is 0 Å². The molecule has 1 aliphatic rings. The third-order valence-electron chi connectivity index (χ3n) is 5.73. The third kappa shape index (κ3) is 4.63. The molecular formula is C24H24N6O3. The van der Waals surface area contributed by atoms with E-state index >= 15 is 0 Å². The topological polar surface area (TPSA) is 130 Å². The average Bonchev–Trinajstić information content (AvgIpc) is 3.36. The van der Waals surface area contributed by atoms with Gasteiger partial charge in [0, 0.05) is 35.0 Å². The highest BCUT2D eigenvalue weighted by Crippen LogP contribution is 2.34. The number of para-hydroxylation sites is 2. The molecule has 0 radical (unpaired) electrons. The summed E-state index contributed by atoms with van der Waals surface area (Å²) in [4.78, 5) is 12.4. The zero-order valence-corrected chi connectivity index (χ0v) is 18.2. The summed E-state index contributed by atoms with van der Waals surface area (Å²) in [6.45, 7) is 3.84. The second-order valence-corrected chi connectivity index (χ2v) is 7.94. The van der Waals surface area contributed by atoms with E-state index in [-0.39, 0.29) is 23.7 Å². The minimum atomic E-state index is -1.00. The van der Waals surface area contributed by atoms with Gasteiger partial charge in [0.15, 0.2) is 5.69 Å². The molecule has 1 heterocycles. The van der Waals surface area contributed by atoms with Gasteiger partial charge in [-0.3, -0.25) is 0 Å². The molecule has 0 bridgehead atoms. The number of quaternary nitrogens is 1. The van der Waals surface area contributed by atoms with Crippen LogP contribution in [0.3, 0.4) is 0 Å². The molecule has 9 heteroatoms. The fraction of sp³-hybridized carbons (Fsp3) is 0.208. The molecule has 0 spiro atoms. The Kier molecular flexibility index (Phi) is 6.24. The lowest BCUT2D eigenvalue weighted by atomic mass is 9.96. The van der Waals surface area contributed by atoms with E-state index in [2.05, 4.69) is 15.7 Å². The van der Waals surface area contributed by atoms with E-state index in [1.54, 1.807) is 53.2 Å². The van der Waals surface area contributed by atoms with Gasteiger partial charge in [-0.2, -0.15) is 15.6 Å². The van der Waals surface area contributed by atoms with Crippen LogP contribution in [0.2, 0.25) is 0 Å². The molecule has 1 aromatic heterocycles. The number of hydrogen-bond donors (Lipinski definition) is 4. The van der Waals surface area contributed by atoms with E-state index in [1.807, 2.05) is 32.1 Å². The van der Waals surface area contributed by atoms with Crippen molar-refractivity contribution >= 4 is 17.4 Å². The number of amides is 2. The van der Waals surface area contributed by atoms with Crippen LogP contribution in [0.5, 0.6) is 0 Å². The number of hydrogen-bond acceptors (Lipinski definition) is 5. The van der Waals surface area contributed by atoms with E-state index in [0.29, 0.717) is 23.4 Å². The van der Waals surface area contributed by atoms with Gasteiger partial charge in [0.25, 0.3) is 0 Å². The van der Waals surface area contributed by atoms with Crippen molar-refractivity contribution in [3.8, 4) is 11.8 Å². The van der Waals surface area contributed by atoms with Crippen molar-refractivity contribution in [2.75, 3.05) is 5.32 Å². The molecule has 0 aliphatic heterocycles. The van der Waals surface area contributed by atoms with Crippen molar-refractivity contribution < 1.29 is 15.2 Å². The highest BCUT2D eigenvalue weighted by Gasteiger charge is 2.28. The second-order valence-electron chi connectivity index (χ2n) is 7.94. The molecule has 0 saturated carbocycles. The van der Waals surface area contributed by atoms with Crippen molar-refractivity contribution in [2.45, 2.75) is 32.2 Å². The molecule has 1 aliphatic carbocycles. The summed E-state index contributed by atoms with van der Waals surface area (Å²) in [7, 11) is 0. The molecule has 4 N–H and O–H groups in total. The Labute approximate surface area is 191 Å². The third-order valence-corrected chi connectivity index (χ3v) is 5.73. The van der Waals surface area contributed by atoms with E-state index in [9.17, 15) is 15.2 Å². The summed E-state index contributed by atoms with van der Waals surface area (Å²) in [5, 5.41) is 39.5. The largest absolute Gasteiger partial charge is 0.595 e. The van der Waals surface area contributed by atoms with Gasteiger partial charge in [0.2, 0.25) is 0 Å². The van der Waals surface area contributed by atoms with Gasteiger partial charge in [-0.1, -0.05) is 30.4 Å². The quantitative estimate of drug-likeness (QED) is 0.355. The standard InChI is InChI=1S/C24H24N6O3/c1-15-23(16(2)29(28-15)21-8-3-4-9-22(21)30(32)33)18-10-11-20(13-18)27-24(31)26-19-7-5-6-17(12-19)14-25/h3-12,18,20,30,32H,13H2,1-2H3,(H2,26,27,31)/t18-,20+/m0/s1. The molecule has 2 amide bonds. The number of nitriles is 1. The molecule has 1 unspecified atom stereocenters. The van der Waals surface area contributed by atoms with Crippen molar-refractivity contribution in [1.82, 2.24) is 15.1 Å². The number of aryl methyl sites for hydroxylation is 1. The molecule has 0 fully saturated rings. The molecular weight excluding hydrogens is 420 g/mol. The highest BCUT2D eigenvalue weighted by molar-refractivity contribution is 5.89. The smallest absolute Gasteiger partial charge is 0.319 e. The molecule has 168 valence electrons. The van der Waals surface area contributed by atoms with Crippen LogP contribution in [0.15, 0.2) is 60.7 Å². The number of aromatic nitrogens is 2. The number of anilines is 1. The minimum absolute atomic E-state index is 0.0444. The SMILES string of the molecule is Cc1nn(-c2ccccc2[NH+]([O-])O)c(C)c1[C@H]1C=C[C@@H](NC(=O)Nc2cccc(C#N)c2)C1. The van der Waals surface area contributed by atoms with Gasteiger partial charge in [0.1, 0.15) is 5.69 Å². The van der Waals surface area contributed by atoms with E-state index in [0.717, 1.165) is 17.0 Å². The molecule has 2 aromatic carbocycles. The van der Waals surface area contributed by atoms with E-state index < -0.39 is 5.23 Å². The molecule has 3 aromatic rings. The Morgan fingerprint density at radius 2 is 2.03 bits per heavy atom. The zero-order valence-electron chi connectivity index (χ0n) is 18.2. The summed E-state index contributed by atoms with van der Waals surface area (Å²) in [6, 6.07) is 15.1. The lowest BCUT2D eigenvalue weighted by Gasteiger charge is -2.17. The predicted octanol–water partition coefficient (Wildman–Crippen LogP) is 3.00. The number of carbonyl (C=O) groups excluding carboxylic acids is 1. The number of nitrogens with zero attached hydrogens (tertiary/aromatic N) is 3. The van der Waals surface area contributed by atoms with E-state index in [4.69, 9.17) is 5.26 Å². The van der Waals surface area contributed by atoms with Crippen molar-refractivity contribution in [3.05, 3.63) is 88.4 Å². The van der Waals surface area contributed by atoms with Gasteiger partial charge in [-0.05, 0) is 44.5 Å². The van der Waals surface area contributed by atoms with Crippen LogP contribution >= 0.6 is 0 Å². The second kappa shape index (κ2) is 9.26. The first kappa shape index (κ1) is 22.2. The normalized spacial score (nSPS) is 18.0. The van der Waals surface area contributed by atoms with Crippen LogP contribution in [0.4, 0.5) is 16.2 Å². The van der Waals surface area contributed by atoms with Crippen LogP contribution in [-0.4, -0.2) is 27.1 Å². The van der Waals surface area contributed by atoms with Gasteiger partial charge in [0.05, 0.1) is 17.3 Å². The van der Waals surface area contributed by atoms with Crippen molar-refractivity contribution in [3.63, 3.8) is 0 Å². The van der Waals surface area contributed by atoms with Crippen LogP contribution in [0, 0.1) is 30.4 Å². The molecule has 4 rings (SSSR count). The van der Waals surface area contributed by atoms with Crippen molar-refractivity contribution in [1.29, 1.82) is 5.26 Å². The van der Waals surface area contributed by atoms with Gasteiger partial charge >= 0.3 is 6.03 Å². The monoisotopic (exact) mass is 444 g/mol. The average molecular weight is 444 g/mol. The molecule has 9 nitrogen and oxygen atoms in total. The molecule has 3 atom stereocenters. The number of benzene rings is 2. The summed E-state index contributed by atoms with van der Waals surface area (Å²) in [6.07, 6.45) is 4.67. The maximum Gasteiger partial charge on any atom is 0.319 e. The number of carbonyl (C=O) groups is 1. The fourth-order valence-corrected chi connectivity index (χ4v) is 4.29. The summed E-state index contributed by atoms with van der Waals surface area (Å²) in [5.74, 6) is 0.0444. The van der Waals surface area contributed by atoms with Gasteiger partial charge < -0.3 is 15.8 Å². The van der Waals surface area contributed by atoms with Crippen LogP contribution in [0.1, 0.15) is 34.9 Å². The first-order chi connectivity index (χ1) is 15.9. The Balaban J connectivity index is 1.47. The zero-order chi connectivity index (χ0) is 23.5. The number of allylic oxidation sites excluding steroid dienone is 1. The highest BCUT2D eigenvalue weighted by atomic mass is 16.8. The van der Waals surface area contributed by atoms with Crippen molar-refractivity contribution in [2.24, 2.45) is 0 Å². The minimum Gasteiger partial charge on any atom is -0.595 e. The Bertz CT molecular complexity index is 1260. The molecule has 0 saturated heterocycles. The van der Waals surface area contributed by atoms with Crippen LogP contribution in [0.25, 0.3) is 5.69 Å². The van der Waals surface area contributed by atoms with Crippen LogP contribution in [-0.2, 0) is 0 Å². The maximum absolute atomic E-state index is 12.4. The summed E-state index contributed by atoms with van der Waals surface area (Å²) < 4.78 is 1.68. The number of nitrogens with one attached hydrogen (secondary N) is 3. The van der Waals surface area contributed by atoms with Crippen LogP contribution < -0.4 is 15.9 Å². The Morgan fingerprint density at radius 1 is 1.24 bits per heavy atom. The number of urea groups is 1.